The summed E-state index contributed by atoms with van der Waals surface area (Å²) in [6.45, 7) is 1.65. The summed E-state index contributed by atoms with van der Waals surface area (Å²) < 4.78 is 57.1. The lowest BCUT2D eigenvalue weighted by Crippen LogP contribution is -2.41. The van der Waals surface area contributed by atoms with Crippen LogP contribution in [-0.2, 0) is 16.6 Å². The van der Waals surface area contributed by atoms with Crippen LogP contribution in [0.5, 0.6) is 0 Å². The van der Waals surface area contributed by atoms with E-state index in [-0.39, 0.29) is 28.9 Å². The second-order valence-electron chi connectivity index (χ2n) is 7.33. The van der Waals surface area contributed by atoms with E-state index >= 15 is 0 Å². The lowest BCUT2D eigenvalue weighted by Gasteiger charge is -2.34. The van der Waals surface area contributed by atoms with Crippen LogP contribution in [0.3, 0.4) is 0 Å². The van der Waals surface area contributed by atoms with E-state index < -0.39 is 27.2 Å². The summed E-state index contributed by atoms with van der Waals surface area (Å²) in [5, 5.41) is 8.90. The monoisotopic (exact) mass is 456 g/mol. The number of hydrogen-bond donors (Lipinski definition) is 0. The molecule has 0 aliphatic heterocycles. The second kappa shape index (κ2) is 11.6. The normalized spacial score (nSPS) is 16.3. The van der Waals surface area contributed by atoms with E-state index in [9.17, 15) is 17.2 Å². The second-order valence-corrected chi connectivity index (χ2v) is 9.53. The molecule has 4 nitrogen and oxygen atoms in total. The van der Waals surface area contributed by atoms with Gasteiger partial charge in [-0.15, -0.1) is 11.6 Å². The molecule has 0 N–H and O–H groups in total. The minimum absolute atomic E-state index is 0.0863. The SMILES string of the molecule is CCCC=C(C=CCCl)S(=O)(=O)N(Cc1cc(F)c(C#N)cc1F)C1CCCCC1. The molecule has 0 radical (unpaired) electrons. The van der Waals surface area contributed by atoms with Crippen LogP contribution in [0, 0.1) is 23.0 Å². The molecule has 0 bridgehead atoms. The molecule has 0 spiro atoms. The molecule has 8 heteroatoms. The Morgan fingerprint density at radius 2 is 1.97 bits per heavy atom. The first-order valence-corrected chi connectivity index (χ1v) is 12.1. The van der Waals surface area contributed by atoms with Crippen LogP contribution in [0.2, 0.25) is 0 Å². The van der Waals surface area contributed by atoms with Gasteiger partial charge >= 0.3 is 0 Å². The van der Waals surface area contributed by atoms with Gasteiger partial charge in [0.15, 0.2) is 0 Å². The summed E-state index contributed by atoms with van der Waals surface area (Å²) in [6, 6.07) is 3.04. The van der Waals surface area contributed by atoms with Crippen molar-refractivity contribution in [2.24, 2.45) is 0 Å². The van der Waals surface area contributed by atoms with Crippen molar-refractivity contribution < 1.29 is 17.2 Å². The standard InChI is InChI=1S/C22H27ClF2N2O2S/c1-2-3-10-20(11-7-12-23)30(28,29)27(19-8-5-4-6-9-19)16-18-14-21(24)17(15-26)13-22(18)25/h7,10-11,13-14,19H,2-6,8-9,12,16H2,1H3. The minimum Gasteiger partial charge on any atom is -0.207 e. The predicted molar refractivity (Wildman–Crippen MR) is 115 cm³/mol. The number of nitrogens with zero attached hydrogens (tertiary/aromatic N) is 2. The third-order valence-corrected chi connectivity index (χ3v) is 7.30. The average molecular weight is 457 g/mol. The molecular weight excluding hydrogens is 430 g/mol. The molecule has 0 amide bonds. The quantitative estimate of drug-likeness (QED) is 0.349. The fourth-order valence-corrected chi connectivity index (χ4v) is 5.45. The third-order valence-electron chi connectivity index (χ3n) is 5.18. The third kappa shape index (κ3) is 6.13. The van der Waals surface area contributed by atoms with E-state index in [1.54, 1.807) is 18.2 Å². The van der Waals surface area contributed by atoms with Gasteiger partial charge < -0.3 is 0 Å². The fourth-order valence-electron chi connectivity index (χ4n) is 3.58. The van der Waals surface area contributed by atoms with Crippen molar-refractivity contribution in [3.05, 3.63) is 58.0 Å². The molecule has 2 rings (SSSR count). The Kier molecular flexibility index (Phi) is 9.47. The van der Waals surface area contributed by atoms with Gasteiger partial charge in [-0.2, -0.15) is 9.57 Å². The van der Waals surface area contributed by atoms with E-state index in [0.717, 1.165) is 37.8 Å². The van der Waals surface area contributed by atoms with Crippen LogP contribution < -0.4 is 0 Å². The largest absolute Gasteiger partial charge is 0.243 e. The molecule has 0 unspecified atom stereocenters. The van der Waals surface area contributed by atoms with E-state index in [4.69, 9.17) is 16.9 Å². The average Bonchev–Trinajstić information content (AvgIpc) is 2.74. The molecule has 1 saturated carbocycles. The van der Waals surface area contributed by atoms with Crippen molar-refractivity contribution in [2.75, 3.05) is 5.88 Å². The fraction of sp³-hybridized carbons (Fsp3) is 0.500. The van der Waals surface area contributed by atoms with Crippen molar-refractivity contribution in [3.8, 4) is 6.07 Å². The van der Waals surface area contributed by atoms with Crippen LogP contribution in [0.15, 0.2) is 35.3 Å². The summed E-state index contributed by atoms with van der Waals surface area (Å²) in [7, 11) is -3.96. The Bertz CT molecular complexity index is 933. The first-order valence-electron chi connectivity index (χ1n) is 10.2. The summed E-state index contributed by atoms with van der Waals surface area (Å²) >= 11 is 5.71. The highest BCUT2D eigenvalue weighted by Crippen LogP contribution is 2.30. The minimum atomic E-state index is -3.96. The van der Waals surface area contributed by atoms with Crippen LogP contribution in [0.1, 0.15) is 63.0 Å². The molecule has 30 heavy (non-hydrogen) atoms. The molecule has 1 aliphatic carbocycles. The molecule has 0 aromatic heterocycles. The zero-order chi connectivity index (χ0) is 22.1. The van der Waals surface area contributed by atoms with Gasteiger partial charge in [-0.25, -0.2) is 17.2 Å². The van der Waals surface area contributed by atoms with Crippen molar-refractivity contribution in [1.29, 1.82) is 5.26 Å². The summed E-state index contributed by atoms with van der Waals surface area (Å²) in [5.74, 6) is -1.49. The Morgan fingerprint density at radius 1 is 1.27 bits per heavy atom. The van der Waals surface area contributed by atoms with E-state index in [0.29, 0.717) is 19.3 Å². The van der Waals surface area contributed by atoms with Crippen molar-refractivity contribution in [1.82, 2.24) is 4.31 Å². The zero-order valence-corrected chi connectivity index (χ0v) is 18.7. The maximum absolute atomic E-state index is 14.6. The van der Waals surface area contributed by atoms with Gasteiger partial charge in [0.05, 0.1) is 10.5 Å². The molecule has 1 aromatic rings. The molecule has 1 fully saturated rings. The van der Waals surface area contributed by atoms with Crippen LogP contribution in [0.25, 0.3) is 0 Å². The molecular formula is C22H27ClF2N2O2S. The molecule has 0 saturated heterocycles. The lowest BCUT2D eigenvalue weighted by molar-refractivity contribution is 0.247. The van der Waals surface area contributed by atoms with Gasteiger partial charge in [-0.3, -0.25) is 0 Å². The number of rotatable bonds is 9. The Balaban J connectivity index is 2.50. The van der Waals surface area contributed by atoms with E-state index in [1.807, 2.05) is 6.92 Å². The maximum Gasteiger partial charge on any atom is 0.243 e. The molecule has 1 aromatic carbocycles. The van der Waals surface area contributed by atoms with Gasteiger partial charge in [0.25, 0.3) is 0 Å². The number of halogens is 3. The molecule has 0 heterocycles. The highest BCUT2D eigenvalue weighted by atomic mass is 35.5. The van der Waals surface area contributed by atoms with Gasteiger partial charge in [-0.1, -0.05) is 44.8 Å². The van der Waals surface area contributed by atoms with Crippen LogP contribution >= 0.6 is 11.6 Å². The highest BCUT2D eigenvalue weighted by Gasteiger charge is 2.33. The number of hydrogen-bond acceptors (Lipinski definition) is 3. The number of benzene rings is 1. The lowest BCUT2D eigenvalue weighted by atomic mass is 9.95. The first-order chi connectivity index (χ1) is 14.3. The van der Waals surface area contributed by atoms with Crippen molar-refractivity contribution in [3.63, 3.8) is 0 Å². The predicted octanol–water partition coefficient (Wildman–Crippen LogP) is 5.78. The Hall–Kier alpha value is -1.75. The first kappa shape index (κ1) is 24.5. The Morgan fingerprint density at radius 3 is 2.57 bits per heavy atom. The Labute approximate surface area is 182 Å². The number of sulfonamides is 1. The van der Waals surface area contributed by atoms with Gasteiger partial charge in [0.1, 0.15) is 17.7 Å². The number of unbranched alkanes of at least 4 members (excludes halogenated alkanes) is 1. The van der Waals surface area contributed by atoms with Crippen LogP contribution in [-0.4, -0.2) is 24.6 Å². The number of allylic oxidation sites excluding steroid dienone is 3. The summed E-state index contributed by atoms with van der Waals surface area (Å²) in [6.07, 6.45) is 10.1. The maximum atomic E-state index is 14.6. The van der Waals surface area contributed by atoms with E-state index in [1.165, 1.54) is 10.4 Å². The van der Waals surface area contributed by atoms with Crippen molar-refractivity contribution in [2.45, 2.75) is 64.5 Å². The summed E-state index contributed by atoms with van der Waals surface area (Å²) in [5.41, 5.74) is -0.492. The number of nitriles is 1. The molecule has 0 atom stereocenters. The smallest absolute Gasteiger partial charge is 0.207 e. The zero-order valence-electron chi connectivity index (χ0n) is 17.1. The van der Waals surface area contributed by atoms with Gasteiger partial charge in [-0.05, 0) is 37.5 Å². The van der Waals surface area contributed by atoms with E-state index in [2.05, 4.69) is 0 Å². The van der Waals surface area contributed by atoms with Crippen LogP contribution in [0.4, 0.5) is 8.78 Å². The topological polar surface area (TPSA) is 61.2 Å². The highest BCUT2D eigenvalue weighted by molar-refractivity contribution is 7.93. The van der Waals surface area contributed by atoms with Gasteiger partial charge in [0, 0.05) is 24.0 Å². The molecule has 1 aliphatic rings. The van der Waals surface area contributed by atoms with Gasteiger partial charge in [0.2, 0.25) is 10.0 Å². The summed E-state index contributed by atoms with van der Waals surface area (Å²) in [4.78, 5) is 0.116. The number of alkyl halides is 1. The van der Waals surface area contributed by atoms with Crippen molar-refractivity contribution >= 4 is 21.6 Å². The molecule has 164 valence electrons.